The highest BCUT2D eigenvalue weighted by Gasteiger charge is 1.85. The number of nitrogen functional groups attached to an aromatic ring is 1. The Hall–Kier alpha value is -0.750. The van der Waals surface area contributed by atoms with Crippen molar-refractivity contribution in [3.05, 3.63) is 23.7 Å². The Morgan fingerprint density at radius 1 is 1.50 bits per heavy atom. The normalized spacial score (nSPS) is 13.7. The first-order chi connectivity index (χ1) is 5.89. The van der Waals surface area contributed by atoms with Crippen LogP contribution in [0.2, 0.25) is 0 Å². The van der Waals surface area contributed by atoms with Crippen LogP contribution in [0.1, 0.15) is 0 Å². The summed E-state index contributed by atoms with van der Waals surface area (Å²) >= 11 is 0. The number of anilines is 1. The van der Waals surface area contributed by atoms with Gasteiger partial charge in [0.05, 0.1) is 6.20 Å². The largest absolute Gasteiger partial charge is 0.382 e. The predicted octanol–water partition coefficient (Wildman–Crippen LogP) is 1.35. The van der Waals surface area contributed by atoms with Crippen LogP contribution in [0.15, 0.2) is 23.7 Å². The van der Waals surface area contributed by atoms with Crippen LogP contribution in [0.25, 0.3) is 0 Å². The first-order valence-corrected chi connectivity index (χ1v) is 5.61. The number of hydrogen-bond donors (Lipinski definition) is 1. The third-order valence-corrected chi connectivity index (χ3v) is 2.83. The average molecular weight is 200 g/mol. The maximum Gasteiger partial charge on any atom is 0.149 e. The van der Waals surface area contributed by atoms with Crippen LogP contribution in [0.5, 0.6) is 0 Å². The molecule has 0 saturated carbocycles. The molecular formula is C6H8N4S2. The number of rotatable bonds is 0. The second kappa shape index (κ2) is 5.84. The molecule has 2 rings (SSSR count). The highest BCUT2D eigenvalue weighted by atomic mass is 33.1. The van der Waals surface area contributed by atoms with Crippen molar-refractivity contribution in [2.24, 2.45) is 0 Å². The van der Waals surface area contributed by atoms with Gasteiger partial charge in [0.15, 0.2) is 0 Å². The smallest absolute Gasteiger partial charge is 0.149 e. The summed E-state index contributed by atoms with van der Waals surface area (Å²) in [5, 5.41) is 12.2. The zero-order chi connectivity index (χ0) is 8.65. The van der Waals surface area contributed by atoms with Gasteiger partial charge in [-0.1, -0.05) is 27.7 Å². The average Bonchev–Trinajstić information content (AvgIpc) is 2.62. The maximum absolute atomic E-state index is 5.14. The van der Waals surface area contributed by atoms with Crippen LogP contribution in [-0.4, -0.2) is 21.2 Å². The summed E-state index contributed by atoms with van der Waals surface area (Å²) in [6.07, 6.45) is 3.65. The number of nitrogens with two attached hydrogens (primary N) is 1. The van der Waals surface area contributed by atoms with Crippen molar-refractivity contribution in [1.29, 1.82) is 0 Å². The maximum atomic E-state index is 5.14. The topological polar surface area (TPSA) is 64.7 Å². The van der Waals surface area contributed by atoms with E-state index in [-0.39, 0.29) is 0 Å². The van der Waals surface area contributed by atoms with Crippen molar-refractivity contribution in [2.45, 2.75) is 0 Å². The molecule has 0 unspecified atom stereocenters. The zero-order valence-corrected chi connectivity index (χ0v) is 7.88. The Morgan fingerprint density at radius 3 is 2.67 bits per heavy atom. The van der Waals surface area contributed by atoms with E-state index in [1.54, 1.807) is 6.07 Å². The molecule has 0 aliphatic carbocycles. The second-order valence-electron chi connectivity index (χ2n) is 1.80. The molecule has 64 valence electrons. The first kappa shape index (κ1) is 9.34. The number of nitrogens with zero attached hydrogens (tertiary/aromatic N) is 3. The summed E-state index contributed by atoms with van der Waals surface area (Å²) in [6, 6.07) is 1.58. The van der Waals surface area contributed by atoms with E-state index in [0.29, 0.717) is 5.82 Å². The second-order valence-corrected chi connectivity index (χ2v) is 4.12. The minimum absolute atomic E-state index is 0.398. The van der Waals surface area contributed by atoms with Gasteiger partial charge in [0.1, 0.15) is 5.82 Å². The van der Waals surface area contributed by atoms with E-state index in [9.17, 15) is 0 Å². The molecule has 1 aliphatic heterocycles. The lowest BCUT2D eigenvalue weighted by atomic mass is 10.6. The van der Waals surface area contributed by atoms with Crippen LogP contribution in [0.4, 0.5) is 5.82 Å². The van der Waals surface area contributed by atoms with Gasteiger partial charge >= 0.3 is 0 Å². The summed E-state index contributed by atoms with van der Waals surface area (Å²) in [4.78, 5) is 0. The van der Waals surface area contributed by atoms with Gasteiger partial charge in [0, 0.05) is 11.8 Å². The summed E-state index contributed by atoms with van der Waals surface area (Å²) in [5.41, 5.74) is 5.14. The Kier molecular flexibility index (Phi) is 4.55. The third-order valence-electron chi connectivity index (χ3n) is 0.908. The van der Waals surface area contributed by atoms with Crippen molar-refractivity contribution in [3.8, 4) is 0 Å². The Labute approximate surface area is 78.4 Å². The first-order valence-electron chi connectivity index (χ1n) is 3.23. The molecule has 0 spiro atoms. The lowest BCUT2D eigenvalue weighted by Crippen LogP contribution is -1.91. The summed E-state index contributed by atoms with van der Waals surface area (Å²) in [6.45, 7) is 0. The third kappa shape index (κ3) is 4.20. The minimum atomic E-state index is 0.398. The minimum Gasteiger partial charge on any atom is -0.382 e. The molecule has 4 nitrogen and oxygen atoms in total. The molecule has 1 aliphatic rings. The van der Waals surface area contributed by atoms with E-state index in [2.05, 4.69) is 26.9 Å². The van der Waals surface area contributed by atoms with Gasteiger partial charge in [-0.05, 0) is 10.6 Å². The molecule has 0 fully saturated rings. The lowest BCUT2D eigenvalue weighted by Gasteiger charge is -1.80. The molecular weight excluding hydrogens is 192 g/mol. The van der Waals surface area contributed by atoms with Crippen LogP contribution < -0.4 is 5.73 Å². The van der Waals surface area contributed by atoms with Crippen LogP contribution in [0, 0.1) is 0 Å². The van der Waals surface area contributed by atoms with Gasteiger partial charge in [-0.25, -0.2) is 0 Å². The number of aromatic nitrogens is 3. The molecule has 1 aromatic heterocycles. The lowest BCUT2D eigenvalue weighted by molar-refractivity contribution is 0.873. The molecule has 0 aromatic carbocycles. The van der Waals surface area contributed by atoms with E-state index in [1.165, 1.54) is 11.9 Å². The SMILES string of the molecule is C1=CSSC1.Nc1ccnnn1. The van der Waals surface area contributed by atoms with Gasteiger partial charge in [-0.2, -0.15) is 0 Å². The van der Waals surface area contributed by atoms with E-state index in [0.717, 1.165) is 0 Å². The molecule has 0 atom stereocenters. The van der Waals surface area contributed by atoms with Crippen molar-refractivity contribution < 1.29 is 0 Å². The van der Waals surface area contributed by atoms with Crippen molar-refractivity contribution >= 4 is 27.4 Å². The molecule has 0 saturated heterocycles. The van der Waals surface area contributed by atoms with E-state index < -0.39 is 0 Å². The van der Waals surface area contributed by atoms with Gasteiger partial charge in [-0.15, -0.1) is 10.2 Å². The van der Waals surface area contributed by atoms with Gasteiger partial charge < -0.3 is 5.73 Å². The van der Waals surface area contributed by atoms with E-state index in [4.69, 9.17) is 5.73 Å². The Morgan fingerprint density at radius 2 is 2.42 bits per heavy atom. The van der Waals surface area contributed by atoms with Crippen molar-refractivity contribution in [2.75, 3.05) is 11.5 Å². The standard InChI is InChI=1S/C3H4N4.C3H4S2/c4-3-1-2-5-7-6-3;1-2-4-5-3-1/h1-2H,(H2,4,5,6);1-2H,3H2. The quantitative estimate of drug-likeness (QED) is 0.638. The molecule has 2 heterocycles. The molecule has 0 bridgehead atoms. The van der Waals surface area contributed by atoms with E-state index >= 15 is 0 Å². The fourth-order valence-corrected chi connectivity index (χ4v) is 2.02. The molecule has 1 aromatic rings. The fourth-order valence-electron chi connectivity index (χ4n) is 0.447. The highest BCUT2D eigenvalue weighted by molar-refractivity contribution is 8.78. The Balaban J connectivity index is 0.000000127. The van der Waals surface area contributed by atoms with Crippen LogP contribution in [-0.2, 0) is 0 Å². The molecule has 2 N–H and O–H groups in total. The summed E-state index contributed by atoms with van der Waals surface area (Å²) < 4.78 is 0. The summed E-state index contributed by atoms with van der Waals surface area (Å²) in [5.74, 6) is 1.60. The fraction of sp³-hybridized carbons (Fsp3) is 0.167. The van der Waals surface area contributed by atoms with Crippen molar-refractivity contribution in [3.63, 3.8) is 0 Å². The van der Waals surface area contributed by atoms with Crippen LogP contribution >= 0.6 is 21.6 Å². The van der Waals surface area contributed by atoms with Gasteiger partial charge in [-0.3, -0.25) is 0 Å². The van der Waals surface area contributed by atoms with Crippen LogP contribution in [0.3, 0.4) is 0 Å². The van der Waals surface area contributed by atoms with Crippen molar-refractivity contribution in [1.82, 2.24) is 15.4 Å². The molecule has 0 amide bonds. The van der Waals surface area contributed by atoms with E-state index in [1.807, 2.05) is 21.6 Å². The monoisotopic (exact) mass is 200 g/mol. The van der Waals surface area contributed by atoms with Gasteiger partial charge in [0.25, 0.3) is 0 Å². The predicted molar refractivity (Wildman–Crippen MR) is 53.4 cm³/mol. The Bertz CT molecular complexity index is 233. The molecule has 12 heavy (non-hydrogen) atoms. The molecule has 6 heteroatoms. The highest BCUT2D eigenvalue weighted by Crippen LogP contribution is 2.27. The molecule has 0 radical (unpaired) electrons. The van der Waals surface area contributed by atoms with Gasteiger partial charge in [0.2, 0.25) is 0 Å². The number of hydrogen-bond acceptors (Lipinski definition) is 6. The zero-order valence-electron chi connectivity index (χ0n) is 6.25. The summed E-state index contributed by atoms with van der Waals surface area (Å²) in [7, 11) is 3.69.